The molecule has 0 aromatic heterocycles. The second-order valence-corrected chi connectivity index (χ2v) is 8.46. The summed E-state index contributed by atoms with van der Waals surface area (Å²) in [6.45, 7) is 2.65. The Morgan fingerprint density at radius 3 is 2.44 bits per heavy atom. The lowest BCUT2D eigenvalue weighted by Gasteiger charge is -2.25. The second kappa shape index (κ2) is 11.3. The van der Waals surface area contributed by atoms with E-state index in [9.17, 15) is 14.7 Å². The largest absolute Gasteiger partial charge is 0.507 e. The van der Waals surface area contributed by atoms with E-state index in [2.05, 4.69) is 0 Å². The lowest BCUT2D eigenvalue weighted by molar-refractivity contribution is -0.140. The molecule has 1 fully saturated rings. The summed E-state index contributed by atoms with van der Waals surface area (Å²) in [6, 6.07) is 20.2. The Hall–Kier alpha value is -3.81. The van der Waals surface area contributed by atoms with Gasteiger partial charge in [0.05, 0.1) is 29.9 Å². The summed E-state index contributed by atoms with van der Waals surface area (Å²) >= 11 is 6.32. The van der Waals surface area contributed by atoms with Gasteiger partial charge in [0, 0.05) is 19.2 Å². The average molecular weight is 508 g/mol. The minimum atomic E-state index is -0.843. The van der Waals surface area contributed by atoms with Crippen LogP contribution in [-0.4, -0.2) is 48.6 Å². The van der Waals surface area contributed by atoms with Gasteiger partial charge in [0.2, 0.25) is 0 Å². The number of rotatable bonds is 9. The number of ether oxygens (including phenoxy) is 3. The van der Waals surface area contributed by atoms with Gasteiger partial charge in [-0.25, -0.2) is 0 Å². The molecule has 0 unspecified atom stereocenters. The van der Waals surface area contributed by atoms with E-state index in [0.717, 1.165) is 0 Å². The Morgan fingerprint density at radius 2 is 1.75 bits per heavy atom. The monoisotopic (exact) mass is 507 g/mol. The number of aliphatic hydroxyl groups excluding tert-OH is 1. The molecule has 186 valence electrons. The SMILES string of the molecule is CCOc1ccc(C(O)=C2C(=O)C(=O)N(CCOC)[C@@H]2c2cccc(Oc3ccccc3)c2)cc1Cl. The molecule has 0 saturated carbocycles. The number of para-hydroxylation sites is 1. The van der Waals surface area contributed by atoms with Crippen molar-refractivity contribution in [3.63, 3.8) is 0 Å². The molecule has 0 spiro atoms. The number of halogens is 1. The van der Waals surface area contributed by atoms with Crippen LogP contribution >= 0.6 is 11.6 Å². The maximum atomic E-state index is 13.2. The fourth-order valence-corrected chi connectivity index (χ4v) is 4.33. The lowest BCUT2D eigenvalue weighted by Crippen LogP contribution is -2.32. The molecular formula is C28H26ClNO6. The number of aliphatic hydroxyl groups is 1. The number of Topliss-reactive ketones (excluding diaryl/α,β-unsaturated/α-hetero) is 1. The zero-order valence-electron chi connectivity index (χ0n) is 19.9. The molecule has 3 aromatic rings. The predicted molar refractivity (Wildman–Crippen MR) is 136 cm³/mol. The van der Waals surface area contributed by atoms with Crippen molar-refractivity contribution in [2.24, 2.45) is 0 Å². The number of carbonyl (C=O) groups is 2. The Morgan fingerprint density at radius 1 is 1.00 bits per heavy atom. The predicted octanol–water partition coefficient (Wildman–Crippen LogP) is 5.60. The minimum absolute atomic E-state index is 0.0341. The van der Waals surface area contributed by atoms with Crippen LogP contribution in [0.4, 0.5) is 0 Å². The van der Waals surface area contributed by atoms with Gasteiger partial charge >= 0.3 is 0 Å². The molecule has 8 heteroatoms. The Kier molecular flexibility index (Phi) is 7.93. The number of nitrogens with zero attached hydrogens (tertiary/aromatic N) is 1. The van der Waals surface area contributed by atoms with E-state index in [1.807, 2.05) is 37.3 Å². The van der Waals surface area contributed by atoms with E-state index in [0.29, 0.717) is 35.0 Å². The van der Waals surface area contributed by atoms with E-state index in [4.69, 9.17) is 25.8 Å². The van der Waals surface area contributed by atoms with Crippen LogP contribution in [0.5, 0.6) is 17.2 Å². The fraction of sp³-hybridized carbons (Fsp3) is 0.214. The molecule has 0 radical (unpaired) electrons. The van der Waals surface area contributed by atoms with E-state index in [1.165, 1.54) is 18.1 Å². The van der Waals surface area contributed by atoms with Crippen molar-refractivity contribution in [1.82, 2.24) is 4.90 Å². The zero-order chi connectivity index (χ0) is 25.7. The highest BCUT2D eigenvalue weighted by molar-refractivity contribution is 6.46. The first kappa shape index (κ1) is 25.3. The smallest absolute Gasteiger partial charge is 0.295 e. The summed E-state index contributed by atoms with van der Waals surface area (Å²) in [5, 5.41) is 11.5. The number of hydrogen-bond donors (Lipinski definition) is 1. The molecule has 1 atom stereocenters. The van der Waals surface area contributed by atoms with Crippen LogP contribution in [0.15, 0.2) is 78.4 Å². The summed E-state index contributed by atoms with van der Waals surface area (Å²) in [7, 11) is 1.52. The molecule has 0 bridgehead atoms. The summed E-state index contributed by atoms with van der Waals surface area (Å²) in [6.07, 6.45) is 0. The molecule has 1 aliphatic heterocycles. The van der Waals surface area contributed by atoms with Crippen LogP contribution in [0, 0.1) is 0 Å². The van der Waals surface area contributed by atoms with Gasteiger partial charge in [-0.3, -0.25) is 9.59 Å². The van der Waals surface area contributed by atoms with Gasteiger partial charge < -0.3 is 24.2 Å². The quantitative estimate of drug-likeness (QED) is 0.230. The van der Waals surface area contributed by atoms with E-state index >= 15 is 0 Å². The average Bonchev–Trinajstić information content (AvgIpc) is 3.14. The molecule has 1 aliphatic rings. The molecule has 1 amide bonds. The molecule has 1 heterocycles. The normalized spacial score (nSPS) is 16.9. The van der Waals surface area contributed by atoms with Gasteiger partial charge in [0.25, 0.3) is 11.7 Å². The Labute approximate surface area is 214 Å². The zero-order valence-corrected chi connectivity index (χ0v) is 20.7. The van der Waals surface area contributed by atoms with Gasteiger partial charge in [-0.15, -0.1) is 0 Å². The van der Waals surface area contributed by atoms with Crippen LogP contribution in [0.25, 0.3) is 5.76 Å². The van der Waals surface area contributed by atoms with Crippen LogP contribution in [-0.2, 0) is 14.3 Å². The number of benzene rings is 3. The fourth-order valence-electron chi connectivity index (χ4n) is 4.10. The molecule has 7 nitrogen and oxygen atoms in total. The number of carbonyl (C=O) groups excluding carboxylic acids is 2. The molecular weight excluding hydrogens is 482 g/mol. The van der Waals surface area contributed by atoms with Crippen LogP contribution in [0.1, 0.15) is 24.1 Å². The van der Waals surface area contributed by atoms with Gasteiger partial charge in [-0.2, -0.15) is 0 Å². The van der Waals surface area contributed by atoms with Gasteiger partial charge in [-0.1, -0.05) is 41.9 Å². The highest BCUT2D eigenvalue weighted by Crippen LogP contribution is 2.41. The maximum Gasteiger partial charge on any atom is 0.295 e. The first-order chi connectivity index (χ1) is 17.4. The number of ketones is 1. The Bertz CT molecular complexity index is 1290. The number of hydrogen-bond acceptors (Lipinski definition) is 6. The molecule has 1 N–H and O–H groups in total. The van der Waals surface area contributed by atoms with Crippen LogP contribution in [0.2, 0.25) is 5.02 Å². The van der Waals surface area contributed by atoms with Crippen molar-refractivity contribution >= 4 is 29.1 Å². The van der Waals surface area contributed by atoms with Crippen LogP contribution < -0.4 is 9.47 Å². The van der Waals surface area contributed by atoms with E-state index < -0.39 is 17.7 Å². The second-order valence-electron chi connectivity index (χ2n) is 8.05. The first-order valence-corrected chi connectivity index (χ1v) is 11.8. The molecule has 36 heavy (non-hydrogen) atoms. The van der Waals surface area contributed by atoms with Crippen molar-refractivity contribution < 1.29 is 28.9 Å². The maximum absolute atomic E-state index is 13.2. The molecule has 3 aromatic carbocycles. The third-order valence-electron chi connectivity index (χ3n) is 5.73. The summed E-state index contributed by atoms with van der Waals surface area (Å²) in [5.74, 6) is -0.193. The first-order valence-electron chi connectivity index (χ1n) is 11.5. The number of methoxy groups -OCH3 is 1. The van der Waals surface area contributed by atoms with Crippen molar-refractivity contribution in [3.05, 3.63) is 94.5 Å². The molecule has 1 saturated heterocycles. The summed E-state index contributed by atoms with van der Waals surface area (Å²) in [5.41, 5.74) is 0.875. The van der Waals surface area contributed by atoms with Crippen molar-refractivity contribution in [3.8, 4) is 17.2 Å². The van der Waals surface area contributed by atoms with Crippen molar-refractivity contribution in [2.45, 2.75) is 13.0 Å². The third-order valence-corrected chi connectivity index (χ3v) is 6.03. The highest BCUT2D eigenvalue weighted by Gasteiger charge is 2.46. The van der Waals surface area contributed by atoms with Gasteiger partial charge in [-0.05, 0) is 55.0 Å². The van der Waals surface area contributed by atoms with Gasteiger partial charge in [0.15, 0.2) is 0 Å². The van der Waals surface area contributed by atoms with E-state index in [1.54, 1.807) is 36.4 Å². The molecule has 4 rings (SSSR count). The minimum Gasteiger partial charge on any atom is -0.507 e. The van der Waals surface area contributed by atoms with Crippen LogP contribution in [0.3, 0.4) is 0 Å². The van der Waals surface area contributed by atoms with Gasteiger partial charge in [0.1, 0.15) is 23.0 Å². The van der Waals surface area contributed by atoms with Crippen molar-refractivity contribution in [1.29, 1.82) is 0 Å². The lowest BCUT2D eigenvalue weighted by atomic mass is 9.95. The summed E-state index contributed by atoms with van der Waals surface area (Å²) < 4.78 is 16.6. The third kappa shape index (κ3) is 5.22. The van der Waals surface area contributed by atoms with E-state index in [-0.39, 0.29) is 29.5 Å². The number of amides is 1. The Balaban J connectivity index is 1.79. The topological polar surface area (TPSA) is 85.3 Å². The molecule has 0 aliphatic carbocycles. The standard InChI is InChI=1S/C28H26ClNO6/c1-3-35-23-13-12-19(17-22(23)29)26(31)24-25(30(14-15-34-2)28(33)27(24)32)18-8-7-11-21(16-18)36-20-9-5-4-6-10-20/h4-13,16-17,25,31H,3,14-15H2,1-2H3/t25-/m1/s1. The number of likely N-dealkylation sites (tertiary alicyclic amines) is 1. The highest BCUT2D eigenvalue weighted by atomic mass is 35.5. The van der Waals surface area contributed by atoms with Crippen molar-refractivity contribution in [2.75, 3.05) is 26.9 Å². The summed E-state index contributed by atoms with van der Waals surface area (Å²) in [4.78, 5) is 27.6.